The van der Waals surface area contributed by atoms with Gasteiger partial charge in [-0.15, -0.1) is 10.2 Å². The lowest BCUT2D eigenvalue weighted by molar-refractivity contribution is -0.118. The van der Waals surface area contributed by atoms with Gasteiger partial charge in [0, 0.05) is 33.0 Å². The number of ketones is 1. The van der Waals surface area contributed by atoms with Gasteiger partial charge >= 0.3 is 0 Å². The Hall–Kier alpha value is -2.22. The minimum atomic E-state index is -0.859. The van der Waals surface area contributed by atoms with Crippen LogP contribution >= 0.6 is 39.0 Å². The molecule has 6 nitrogen and oxygen atoms in total. The number of nitriles is 1. The molecule has 5 rings (SSSR count). The summed E-state index contributed by atoms with van der Waals surface area (Å²) in [5.74, 6) is -1.27. The quantitative estimate of drug-likeness (QED) is 0.420. The Morgan fingerprint density at radius 3 is 2.69 bits per heavy atom. The number of allylic oxidation sites excluding steroid dienone is 3. The number of halogens is 2. The van der Waals surface area contributed by atoms with Crippen molar-refractivity contribution in [2.24, 2.45) is 11.1 Å². The van der Waals surface area contributed by atoms with Gasteiger partial charge in [-0.1, -0.05) is 78.2 Å². The van der Waals surface area contributed by atoms with E-state index in [9.17, 15) is 10.1 Å². The fourth-order valence-corrected chi connectivity index (χ4v) is 8.16. The lowest BCUT2D eigenvalue weighted by Gasteiger charge is -2.42. The van der Waals surface area contributed by atoms with E-state index >= 15 is 4.39 Å². The van der Waals surface area contributed by atoms with Crippen LogP contribution in [0, 0.1) is 22.6 Å². The Balaban J connectivity index is 1.62. The molecule has 1 atom stereocenters. The molecule has 1 aromatic heterocycles. The molecule has 2 aliphatic carbocycles. The summed E-state index contributed by atoms with van der Waals surface area (Å²) in [5, 5.41) is 20.1. The van der Waals surface area contributed by atoms with E-state index in [1.165, 1.54) is 49.5 Å². The molecule has 2 aromatic rings. The van der Waals surface area contributed by atoms with Gasteiger partial charge in [-0.2, -0.15) is 5.26 Å². The summed E-state index contributed by atoms with van der Waals surface area (Å²) >= 11 is 6.47. The van der Waals surface area contributed by atoms with E-state index in [1.807, 2.05) is 13.8 Å². The van der Waals surface area contributed by atoms with E-state index in [4.69, 9.17) is 5.73 Å². The van der Waals surface area contributed by atoms with Gasteiger partial charge in [0.05, 0.1) is 17.6 Å². The smallest absolute Gasteiger partial charge is 0.219 e. The maximum Gasteiger partial charge on any atom is 0.219 e. The summed E-state index contributed by atoms with van der Waals surface area (Å²) in [6, 6.07) is 6.87. The summed E-state index contributed by atoms with van der Waals surface area (Å²) in [7, 11) is 0. The van der Waals surface area contributed by atoms with Crippen molar-refractivity contribution in [2.75, 3.05) is 4.90 Å². The predicted molar refractivity (Wildman–Crippen MR) is 144 cm³/mol. The zero-order valence-electron chi connectivity index (χ0n) is 20.2. The Kier molecular flexibility index (Phi) is 7.01. The number of carbonyl (C=O) groups is 1. The fourth-order valence-electron chi connectivity index (χ4n) is 5.44. The molecule has 2 heterocycles. The number of nitrogens with zero attached hydrogens (tertiary/aromatic N) is 4. The van der Waals surface area contributed by atoms with Gasteiger partial charge in [0.25, 0.3) is 0 Å². The standard InChI is InChI=1S/C26H27BrFN5OS2/c1-26(2)11-19-22(20(34)12-26)21(16-9-8-14(27)10-18(16)28)17(13-29)23(30)33(19)24-31-32-25(36-24)35-15-6-4-3-5-7-15/h8-10,15,21H,3-7,11-12,30H2,1-2H3. The molecule has 36 heavy (non-hydrogen) atoms. The zero-order valence-corrected chi connectivity index (χ0v) is 23.4. The Bertz CT molecular complexity index is 1320. The van der Waals surface area contributed by atoms with Gasteiger partial charge < -0.3 is 5.73 Å². The maximum atomic E-state index is 15.2. The van der Waals surface area contributed by atoms with E-state index in [0.29, 0.717) is 39.0 Å². The molecule has 1 saturated carbocycles. The molecule has 3 aliphatic rings. The van der Waals surface area contributed by atoms with Crippen molar-refractivity contribution in [1.82, 2.24) is 10.2 Å². The SMILES string of the molecule is CC1(C)CC(=O)C2=C(C1)N(c1nnc(SC3CCCCC3)s1)C(N)=C(C#N)C2c1ccc(Br)cc1F. The van der Waals surface area contributed by atoms with Crippen LogP contribution < -0.4 is 10.6 Å². The molecule has 2 N–H and O–H groups in total. The fraction of sp³-hybridized carbons (Fsp3) is 0.462. The van der Waals surface area contributed by atoms with E-state index in [-0.39, 0.29) is 28.2 Å². The van der Waals surface area contributed by atoms with Crippen LogP contribution in [0.4, 0.5) is 9.52 Å². The number of benzene rings is 1. The maximum absolute atomic E-state index is 15.2. The van der Waals surface area contributed by atoms with E-state index in [2.05, 4.69) is 32.2 Å². The molecule has 1 aromatic carbocycles. The number of hydrogen-bond acceptors (Lipinski definition) is 8. The Labute approximate surface area is 227 Å². The summed E-state index contributed by atoms with van der Waals surface area (Å²) in [5.41, 5.74) is 7.87. The highest BCUT2D eigenvalue weighted by Gasteiger charge is 2.46. The molecule has 10 heteroatoms. The Morgan fingerprint density at radius 2 is 2.00 bits per heavy atom. The topological polar surface area (TPSA) is 95.9 Å². The van der Waals surface area contributed by atoms with Crippen LogP contribution in [0.5, 0.6) is 0 Å². The second-order valence-electron chi connectivity index (χ2n) is 10.4. The molecule has 1 unspecified atom stereocenters. The Morgan fingerprint density at radius 1 is 1.25 bits per heavy atom. The van der Waals surface area contributed by atoms with Gasteiger partial charge in [-0.3, -0.25) is 9.69 Å². The third-order valence-electron chi connectivity index (χ3n) is 7.06. The van der Waals surface area contributed by atoms with Gasteiger partial charge in [0.2, 0.25) is 5.13 Å². The van der Waals surface area contributed by atoms with Gasteiger partial charge in [0.15, 0.2) is 10.1 Å². The van der Waals surface area contributed by atoms with Crippen LogP contribution in [0.3, 0.4) is 0 Å². The zero-order chi connectivity index (χ0) is 25.6. The van der Waals surface area contributed by atoms with Gasteiger partial charge in [-0.05, 0) is 36.8 Å². The first-order valence-corrected chi connectivity index (χ1v) is 14.6. The molecule has 0 saturated heterocycles. The lowest BCUT2D eigenvalue weighted by Crippen LogP contribution is -2.42. The molecular formula is C26H27BrFN5OS2. The van der Waals surface area contributed by atoms with Crippen LogP contribution in [0.15, 0.2) is 49.7 Å². The van der Waals surface area contributed by atoms with Crippen molar-refractivity contribution >= 4 is 49.9 Å². The second kappa shape index (κ2) is 9.92. The monoisotopic (exact) mass is 587 g/mol. The van der Waals surface area contributed by atoms with Crippen molar-refractivity contribution in [3.63, 3.8) is 0 Å². The lowest BCUT2D eigenvalue weighted by atomic mass is 9.68. The van der Waals surface area contributed by atoms with Gasteiger partial charge in [-0.25, -0.2) is 4.39 Å². The highest BCUT2D eigenvalue weighted by Crippen LogP contribution is 2.51. The van der Waals surface area contributed by atoms with E-state index in [1.54, 1.807) is 28.8 Å². The summed E-state index contributed by atoms with van der Waals surface area (Å²) in [6.45, 7) is 4.07. The van der Waals surface area contributed by atoms with Crippen LogP contribution in [0.2, 0.25) is 0 Å². The number of rotatable bonds is 4. The summed E-state index contributed by atoms with van der Waals surface area (Å²) in [6.07, 6.45) is 6.95. The highest BCUT2D eigenvalue weighted by atomic mass is 79.9. The average Bonchev–Trinajstić information content (AvgIpc) is 3.26. The molecule has 0 amide bonds. The highest BCUT2D eigenvalue weighted by molar-refractivity contribution is 9.10. The largest absolute Gasteiger partial charge is 0.384 e. The van der Waals surface area contributed by atoms with E-state index in [0.717, 1.165) is 4.34 Å². The second-order valence-corrected chi connectivity index (χ2v) is 13.8. The minimum absolute atomic E-state index is 0.0971. The molecule has 0 spiro atoms. The first kappa shape index (κ1) is 25.4. The number of carbonyl (C=O) groups excluding carboxylic acids is 1. The average molecular weight is 589 g/mol. The molecule has 188 valence electrons. The van der Waals surface area contributed by atoms with Crippen LogP contribution in [-0.2, 0) is 4.79 Å². The van der Waals surface area contributed by atoms with Crippen molar-refractivity contribution in [3.05, 3.63) is 56.7 Å². The van der Waals surface area contributed by atoms with Crippen LogP contribution in [0.25, 0.3) is 0 Å². The molecule has 0 radical (unpaired) electrons. The summed E-state index contributed by atoms with van der Waals surface area (Å²) < 4.78 is 16.6. The van der Waals surface area contributed by atoms with Crippen LogP contribution in [-0.4, -0.2) is 21.2 Å². The molecule has 0 bridgehead atoms. The molecule has 1 aliphatic heterocycles. The first-order chi connectivity index (χ1) is 17.2. The van der Waals surface area contributed by atoms with Crippen molar-refractivity contribution in [3.8, 4) is 6.07 Å². The third kappa shape index (κ3) is 4.73. The number of hydrogen-bond donors (Lipinski definition) is 1. The van der Waals surface area contributed by atoms with Crippen LogP contribution in [0.1, 0.15) is 70.3 Å². The third-order valence-corrected chi connectivity index (χ3v) is 9.88. The minimum Gasteiger partial charge on any atom is -0.384 e. The number of Topliss-reactive ketones (excluding diaryl/α,β-unsaturated/α-hetero) is 1. The molecular weight excluding hydrogens is 561 g/mol. The molecule has 1 fully saturated rings. The number of nitrogens with two attached hydrogens (primary N) is 1. The number of anilines is 1. The first-order valence-electron chi connectivity index (χ1n) is 12.1. The normalized spacial score (nSPS) is 22.6. The predicted octanol–water partition coefficient (Wildman–Crippen LogP) is 6.81. The number of thioether (sulfide) groups is 1. The van der Waals surface area contributed by atoms with Gasteiger partial charge in [0.1, 0.15) is 11.6 Å². The number of aromatic nitrogens is 2. The van der Waals surface area contributed by atoms with Crippen molar-refractivity contribution < 1.29 is 9.18 Å². The van der Waals surface area contributed by atoms with Crippen molar-refractivity contribution in [2.45, 2.75) is 74.3 Å². The summed E-state index contributed by atoms with van der Waals surface area (Å²) in [4.78, 5) is 15.3. The van der Waals surface area contributed by atoms with Crippen molar-refractivity contribution in [1.29, 1.82) is 5.26 Å². The van der Waals surface area contributed by atoms with E-state index < -0.39 is 11.7 Å².